The Balaban J connectivity index is 1.46. The van der Waals surface area contributed by atoms with E-state index in [1.54, 1.807) is 4.57 Å². The van der Waals surface area contributed by atoms with Crippen molar-refractivity contribution in [1.29, 1.82) is 0 Å². The number of carbonyl (C=O) groups excluding carboxylic acids is 2. The number of nitrogens with one attached hydrogen (secondary N) is 3. The number of halogens is 3. The third-order valence-electron chi connectivity index (χ3n) is 7.74. The van der Waals surface area contributed by atoms with Gasteiger partial charge in [0.05, 0.1) is 18.1 Å². The van der Waals surface area contributed by atoms with Crippen LogP contribution in [-0.2, 0) is 16.8 Å². The molecule has 0 radical (unpaired) electrons. The fourth-order valence-electron chi connectivity index (χ4n) is 5.56. The summed E-state index contributed by atoms with van der Waals surface area (Å²) in [5, 5.41) is 14.9. The summed E-state index contributed by atoms with van der Waals surface area (Å²) in [7, 11) is 1.95. The minimum absolute atomic E-state index is 0.0751. The Morgan fingerprint density at radius 2 is 2.00 bits per heavy atom. The van der Waals surface area contributed by atoms with E-state index in [4.69, 9.17) is 11.6 Å². The van der Waals surface area contributed by atoms with Crippen molar-refractivity contribution in [3.05, 3.63) is 52.6 Å². The molecule has 41 heavy (non-hydrogen) atoms. The first kappa shape index (κ1) is 29.0. The number of imidazole rings is 1. The van der Waals surface area contributed by atoms with Crippen molar-refractivity contribution < 1.29 is 18.4 Å². The second kappa shape index (κ2) is 11.1. The van der Waals surface area contributed by atoms with Crippen LogP contribution in [0.3, 0.4) is 0 Å². The van der Waals surface area contributed by atoms with Crippen LogP contribution in [0.15, 0.2) is 24.8 Å². The molecule has 0 bridgehead atoms. The van der Waals surface area contributed by atoms with Gasteiger partial charge in [0.15, 0.2) is 5.82 Å². The van der Waals surface area contributed by atoms with Crippen LogP contribution in [0.2, 0.25) is 5.02 Å². The zero-order valence-electron chi connectivity index (χ0n) is 23.6. The van der Waals surface area contributed by atoms with E-state index in [-0.39, 0.29) is 35.6 Å². The molecule has 10 nitrogen and oxygen atoms in total. The quantitative estimate of drug-likeness (QED) is 0.339. The molecule has 13 heteroatoms. The zero-order valence-corrected chi connectivity index (χ0v) is 24.4. The van der Waals surface area contributed by atoms with Crippen LogP contribution in [0.4, 0.5) is 14.6 Å². The van der Waals surface area contributed by atoms with Gasteiger partial charge in [-0.2, -0.15) is 5.10 Å². The number of amides is 2. The van der Waals surface area contributed by atoms with Crippen LogP contribution in [0.1, 0.15) is 67.2 Å². The van der Waals surface area contributed by atoms with Crippen LogP contribution in [-0.4, -0.2) is 80.6 Å². The molecule has 1 aromatic carbocycles. The van der Waals surface area contributed by atoms with E-state index in [1.165, 1.54) is 11.0 Å². The molecule has 1 unspecified atom stereocenters. The van der Waals surface area contributed by atoms with Gasteiger partial charge in [0, 0.05) is 36.1 Å². The molecule has 0 aliphatic carbocycles. The number of rotatable bonds is 8. The topological polar surface area (TPSA) is 111 Å². The predicted octanol–water partition coefficient (Wildman–Crippen LogP) is 4.26. The van der Waals surface area contributed by atoms with E-state index in [9.17, 15) is 18.4 Å². The number of aromatic amines is 1. The zero-order chi connectivity index (χ0) is 29.6. The Labute approximate surface area is 242 Å². The molecular formula is C28H35ClF2N8O2. The molecular weight excluding hydrogens is 554 g/mol. The predicted molar refractivity (Wildman–Crippen MR) is 153 cm³/mol. The van der Waals surface area contributed by atoms with Gasteiger partial charge in [-0.05, 0) is 49.2 Å². The molecule has 2 amide bonds. The SMILES string of the molecule is C=CC(=O)N1CC(NC(=O)c2c(C(F)F)nc(CNc3n[nH]c4cc(Cl)c(C(C)(C)C)cc34)n2C2CCN(C)C2)C1. The van der Waals surface area contributed by atoms with Crippen molar-refractivity contribution >= 4 is 40.1 Å². The molecule has 2 fully saturated rings. The highest BCUT2D eigenvalue weighted by atomic mass is 35.5. The van der Waals surface area contributed by atoms with Gasteiger partial charge in [-0.1, -0.05) is 39.0 Å². The van der Waals surface area contributed by atoms with Gasteiger partial charge in [0.25, 0.3) is 12.3 Å². The van der Waals surface area contributed by atoms with Crippen molar-refractivity contribution in [2.75, 3.05) is 38.5 Å². The molecule has 2 aliphatic rings. The van der Waals surface area contributed by atoms with Crippen molar-refractivity contribution in [2.45, 2.75) is 57.7 Å². The fourth-order valence-corrected chi connectivity index (χ4v) is 6.01. The van der Waals surface area contributed by atoms with Crippen molar-refractivity contribution in [3.63, 3.8) is 0 Å². The van der Waals surface area contributed by atoms with Crippen LogP contribution in [0, 0.1) is 0 Å². The average molecular weight is 589 g/mol. The Kier molecular flexibility index (Phi) is 7.82. The average Bonchev–Trinajstić information content (AvgIpc) is 3.59. The number of anilines is 1. The number of nitrogens with zero attached hydrogens (tertiary/aromatic N) is 5. The molecule has 3 aromatic rings. The second-order valence-electron chi connectivity index (χ2n) is 11.8. The largest absolute Gasteiger partial charge is 0.361 e. The fraction of sp³-hybridized carbons (Fsp3) is 0.500. The van der Waals surface area contributed by atoms with Crippen molar-refractivity contribution in [1.82, 2.24) is 34.9 Å². The van der Waals surface area contributed by atoms with Gasteiger partial charge >= 0.3 is 0 Å². The Morgan fingerprint density at radius 3 is 2.61 bits per heavy atom. The first-order valence-electron chi connectivity index (χ1n) is 13.6. The standard InChI is InChI=1S/C28H35ClF2N8O2/c1-6-22(40)38-12-15(13-38)33-27(41)24-23(25(30)31)34-21(39(24)16-7-8-37(5)14-16)11-32-26-17-9-18(28(2,3)4)19(29)10-20(17)35-36-26/h6,9-10,15-16,25H,1,7-8,11-14H2,2-5H3,(H,33,41)(H2,32,35,36). The third kappa shape index (κ3) is 5.67. The molecule has 5 rings (SSSR count). The van der Waals surface area contributed by atoms with Crippen LogP contribution < -0.4 is 10.6 Å². The van der Waals surface area contributed by atoms with E-state index < -0.39 is 18.0 Å². The first-order valence-corrected chi connectivity index (χ1v) is 14.0. The van der Waals surface area contributed by atoms with Crippen LogP contribution in [0.5, 0.6) is 0 Å². The summed E-state index contributed by atoms with van der Waals surface area (Å²) in [6.07, 6.45) is -1.05. The van der Waals surface area contributed by atoms with Crippen LogP contribution >= 0.6 is 11.6 Å². The summed E-state index contributed by atoms with van der Waals surface area (Å²) < 4.78 is 30.3. The second-order valence-corrected chi connectivity index (χ2v) is 12.2. The Morgan fingerprint density at radius 1 is 1.27 bits per heavy atom. The summed E-state index contributed by atoms with van der Waals surface area (Å²) in [5.74, 6) is -0.00629. The summed E-state index contributed by atoms with van der Waals surface area (Å²) in [5.41, 5.74) is 0.800. The Bertz CT molecular complexity index is 1490. The minimum atomic E-state index is -2.95. The molecule has 220 valence electrons. The van der Waals surface area contributed by atoms with E-state index in [1.807, 2.05) is 19.2 Å². The number of likely N-dealkylation sites (tertiary alicyclic amines) is 2. The number of carbonyl (C=O) groups is 2. The lowest BCUT2D eigenvalue weighted by molar-refractivity contribution is -0.130. The van der Waals surface area contributed by atoms with Gasteiger partial charge in [0.1, 0.15) is 17.2 Å². The number of benzene rings is 1. The molecule has 3 N–H and O–H groups in total. The van der Waals surface area contributed by atoms with Gasteiger partial charge in [-0.3, -0.25) is 14.7 Å². The molecule has 0 spiro atoms. The molecule has 2 aliphatic heterocycles. The number of likely N-dealkylation sites (N-methyl/N-ethyl adjacent to an activating group) is 1. The highest BCUT2D eigenvalue weighted by Gasteiger charge is 2.37. The molecule has 0 saturated carbocycles. The smallest absolute Gasteiger partial charge is 0.282 e. The molecule has 2 aromatic heterocycles. The summed E-state index contributed by atoms with van der Waals surface area (Å²) in [4.78, 5) is 33.2. The van der Waals surface area contributed by atoms with Gasteiger partial charge in [0.2, 0.25) is 5.91 Å². The minimum Gasteiger partial charge on any atom is -0.361 e. The summed E-state index contributed by atoms with van der Waals surface area (Å²) >= 11 is 6.52. The lowest BCUT2D eigenvalue weighted by atomic mass is 9.86. The summed E-state index contributed by atoms with van der Waals surface area (Å²) in [6.45, 7) is 11.7. The van der Waals surface area contributed by atoms with E-state index >= 15 is 0 Å². The first-order chi connectivity index (χ1) is 19.4. The number of fused-ring (bicyclic) bond motifs is 1. The maximum absolute atomic E-state index is 14.3. The molecule has 4 heterocycles. The van der Waals surface area contributed by atoms with E-state index in [0.717, 1.165) is 23.0 Å². The van der Waals surface area contributed by atoms with Crippen LogP contribution in [0.25, 0.3) is 10.9 Å². The van der Waals surface area contributed by atoms with Gasteiger partial charge in [-0.15, -0.1) is 0 Å². The maximum atomic E-state index is 14.3. The number of hydrogen-bond acceptors (Lipinski definition) is 6. The molecule has 2 saturated heterocycles. The number of hydrogen-bond donors (Lipinski definition) is 3. The van der Waals surface area contributed by atoms with Crippen molar-refractivity contribution in [3.8, 4) is 0 Å². The number of alkyl halides is 2. The van der Waals surface area contributed by atoms with E-state index in [2.05, 4.69) is 58.1 Å². The monoisotopic (exact) mass is 588 g/mol. The van der Waals surface area contributed by atoms with Gasteiger partial charge in [-0.25, -0.2) is 13.8 Å². The van der Waals surface area contributed by atoms with Crippen molar-refractivity contribution in [2.24, 2.45) is 0 Å². The highest BCUT2D eigenvalue weighted by Crippen LogP contribution is 2.35. The lowest BCUT2D eigenvalue weighted by Crippen LogP contribution is -2.60. The molecule has 1 atom stereocenters. The highest BCUT2D eigenvalue weighted by molar-refractivity contribution is 6.32. The number of H-pyrrole nitrogens is 1. The number of aromatic nitrogens is 4. The van der Waals surface area contributed by atoms with Gasteiger partial charge < -0.3 is 25.0 Å². The van der Waals surface area contributed by atoms with E-state index in [0.29, 0.717) is 42.7 Å². The Hall–Kier alpha value is -3.51. The lowest BCUT2D eigenvalue weighted by Gasteiger charge is -2.39. The third-order valence-corrected chi connectivity index (χ3v) is 8.05. The summed E-state index contributed by atoms with van der Waals surface area (Å²) in [6, 6.07) is 3.25. The normalized spacial score (nSPS) is 18.2. The maximum Gasteiger partial charge on any atom is 0.282 e.